The van der Waals surface area contributed by atoms with Gasteiger partial charge in [0.15, 0.2) is 0 Å². The van der Waals surface area contributed by atoms with E-state index in [4.69, 9.17) is 14.4 Å². The van der Waals surface area contributed by atoms with Crippen LogP contribution in [0.15, 0.2) is 34.9 Å². The van der Waals surface area contributed by atoms with E-state index in [1.807, 2.05) is 24.3 Å². The molecule has 0 spiro atoms. The Morgan fingerprint density at radius 2 is 2.12 bits per heavy atom. The van der Waals surface area contributed by atoms with E-state index >= 15 is 0 Å². The average Bonchev–Trinajstić information content (AvgIpc) is 2.68. The summed E-state index contributed by atoms with van der Waals surface area (Å²) < 4.78 is 10.8. The number of nitrogens with zero attached hydrogens (tertiary/aromatic N) is 1. The summed E-state index contributed by atoms with van der Waals surface area (Å²) in [5, 5.41) is 10.00. The highest BCUT2D eigenvalue weighted by Gasteiger charge is 2.42. The quantitative estimate of drug-likeness (QED) is 0.770. The summed E-state index contributed by atoms with van der Waals surface area (Å²) in [4.78, 5) is 0. The molecule has 1 fully saturated rings. The van der Waals surface area contributed by atoms with Gasteiger partial charge in [0, 0.05) is 17.4 Å². The Balaban J connectivity index is 2.15. The van der Waals surface area contributed by atoms with E-state index in [1.165, 1.54) is 0 Å². The molecule has 1 aliphatic heterocycles. The van der Waals surface area contributed by atoms with E-state index in [0.717, 1.165) is 16.5 Å². The van der Waals surface area contributed by atoms with Crippen LogP contribution in [0.3, 0.4) is 0 Å². The molecule has 2 aromatic rings. The van der Waals surface area contributed by atoms with Gasteiger partial charge in [-0.3, -0.25) is 0 Å². The van der Waals surface area contributed by atoms with Gasteiger partial charge in [0.1, 0.15) is 5.58 Å². The molecule has 0 unspecified atom stereocenters. The van der Waals surface area contributed by atoms with Crippen LogP contribution in [-0.4, -0.2) is 13.2 Å². The molecule has 0 N–H and O–H groups in total. The van der Waals surface area contributed by atoms with Gasteiger partial charge in [0.05, 0.1) is 31.0 Å². The summed E-state index contributed by atoms with van der Waals surface area (Å²) in [7, 11) is 0. The van der Waals surface area contributed by atoms with Crippen molar-refractivity contribution in [1.29, 1.82) is 5.26 Å². The van der Waals surface area contributed by atoms with Crippen molar-refractivity contribution in [1.82, 2.24) is 0 Å². The maximum absolute atomic E-state index is 8.90. The predicted molar refractivity (Wildman–Crippen MR) is 58.9 cm³/mol. The second kappa shape index (κ2) is 3.36. The van der Waals surface area contributed by atoms with Crippen LogP contribution in [0.25, 0.3) is 11.0 Å². The largest absolute Gasteiger partial charge is 0.464 e. The first-order valence-corrected chi connectivity index (χ1v) is 5.27. The maximum atomic E-state index is 8.90. The van der Waals surface area contributed by atoms with Crippen LogP contribution in [0.4, 0.5) is 0 Å². The fourth-order valence-electron chi connectivity index (χ4n) is 2.24. The zero-order chi connectivity index (χ0) is 11.0. The lowest BCUT2D eigenvalue weighted by molar-refractivity contribution is -0.0573. The lowest BCUT2D eigenvalue weighted by Crippen LogP contribution is -2.46. The summed E-state index contributed by atoms with van der Waals surface area (Å²) in [6, 6.07) is 10.2. The molecule has 1 saturated heterocycles. The van der Waals surface area contributed by atoms with E-state index in [1.54, 1.807) is 6.26 Å². The SMILES string of the molecule is N#CCC1(c2coc3ccccc23)COC1. The van der Waals surface area contributed by atoms with Crippen LogP contribution in [0.2, 0.25) is 0 Å². The summed E-state index contributed by atoms with van der Waals surface area (Å²) in [6.45, 7) is 1.23. The molecule has 0 amide bonds. The van der Waals surface area contributed by atoms with Gasteiger partial charge in [-0.05, 0) is 6.07 Å². The number of furan rings is 1. The molecule has 1 aliphatic rings. The Bertz CT molecular complexity index is 561. The molecule has 0 radical (unpaired) electrons. The lowest BCUT2D eigenvalue weighted by atomic mass is 9.76. The zero-order valence-corrected chi connectivity index (χ0v) is 8.77. The number of hydrogen-bond acceptors (Lipinski definition) is 3. The molecule has 3 heteroatoms. The Kier molecular flexibility index (Phi) is 1.98. The lowest BCUT2D eigenvalue weighted by Gasteiger charge is -2.39. The van der Waals surface area contributed by atoms with Crippen molar-refractivity contribution in [3.05, 3.63) is 36.1 Å². The van der Waals surface area contributed by atoms with E-state index in [0.29, 0.717) is 19.6 Å². The molecule has 80 valence electrons. The van der Waals surface area contributed by atoms with Gasteiger partial charge in [-0.1, -0.05) is 18.2 Å². The second-order valence-corrected chi connectivity index (χ2v) is 4.25. The van der Waals surface area contributed by atoms with Crippen LogP contribution in [0, 0.1) is 11.3 Å². The molecule has 16 heavy (non-hydrogen) atoms. The second-order valence-electron chi connectivity index (χ2n) is 4.25. The smallest absolute Gasteiger partial charge is 0.134 e. The molecule has 0 aliphatic carbocycles. The van der Waals surface area contributed by atoms with Gasteiger partial charge in [-0.2, -0.15) is 5.26 Å². The summed E-state index contributed by atoms with van der Waals surface area (Å²) in [5.41, 5.74) is 1.83. The van der Waals surface area contributed by atoms with Crippen molar-refractivity contribution in [3.63, 3.8) is 0 Å². The predicted octanol–water partition coefficient (Wildman–Crippen LogP) is 2.61. The zero-order valence-electron chi connectivity index (χ0n) is 8.77. The van der Waals surface area contributed by atoms with E-state index in [-0.39, 0.29) is 5.41 Å². The molecular formula is C13H11NO2. The Morgan fingerprint density at radius 1 is 1.31 bits per heavy atom. The van der Waals surface area contributed by atoms with Crippen molar-refractivity contribution in [2.24, 2.45) is 0 Å². The third kappa shape index (κ3) is 1.17. The summed E-state index contributed by atoms with van der Waals surface area (Å²) in [5.74, 6) is 0. The molecule has 3 rings (SSSR count). The minimum absolute atomic E-state index is 0.151. The number of para-hydroxylation sites is 1. The topological polar surface area (TPSA) is 46.2 Å². The minimum Gasteiger partial charge on any atom is -0.464 e. The van der Waals surface area contributed by atoms with Gasteiger partial charge in [-0.15, -0.1) is 0 Å². The highest BCUT2D eigenvalue weighted by atomic mass is 16.5. The van der Waals surface area contributed by atoms with Crippen molar-refractivity contribution < 1.29 is 9.15 Å². The van der Waals surface area contributed by atoms with E-state index in [2.05, 4.69) is 6.07 Å². The third-order valence-electron chi connectivity index (χ3n) is 3.23. The molecule has 1 aromatic heterocycles. The van der Waals surface area contributed by atoms with Crippen molar-refractivity contribution in [3.8, 4) is 6.07 Å². The summed E-state index contributed by atoms with van der Waals surface area (Å²) in [6.07, 6.45) is 2.25. The first-order chi connectivity index (χ1) is 7.86. The van der Waals surface area contributed by atoms with Crippen LogP contribution >= 0.6 is 0 Å². The van der Waals surface area contributed by atoms with Crippen LogP contribution in [0.1, 0.15) is 12.0 Å². The van der Waals surface area contributed by atoms with Gasteiger partial charge in [-0.25, -0.2) is 0 Å². The molecule has 0 bridgehead atoms. The Labute approximate surface area is 93.2 Å². The van der Waals surface area contributed by atoms with Crippen molar-refractivity contribution in [2.45, 2.75) is 11.8 Å². The monoisotopic (exact) mass is 213 g/mol. The van der Waals surface area contributed by atoms with Gasteiger partial charge >= 0.3 is 0 Å². The van der Waals surface area contributed by atoms with Crippen molar-refractivity contribution >= 4 is 11.0 Å². The highest BCUT2D eigenvalue weighted by Crippen LogP contribution is 2.40. The number of hydrogen-bond donors (Lipinski definition) is 0. The van der Waals surface area contributed by atoms with Gasteiger partial charge in [0.25, 0.3) is 0 Å². The Morgan fingerprint density at radius 3 is 2.81 bits per heavy atom. The number of benzene rings is 1. The number of ether oxygens (including phenoxy) is 1. The number of rotatable bonds is 2. The van der Waals surface area contributed by atoms with E-state index < -0.39 is 0 Å². The standard InChI is InChI=1S/C13H11NO2/c14-6-5-13(8-15-9-13)11-7-16-12-4-2-1-3-10(11)12/h1-4,7H,5,8-9H2. The Hall–Kier alpha value is -1.79. The normalized spacial score (nSPS) is 17.9. The van der Waals surface area contributed by atoms with E-state index in [9.17, 15) is 0 Å². The first kappa shape index (κ1) is 9.44. The third-order valence-corrected chi connectivity index (χ3v) is 3.23. The minimum atomic E-state index is -0.151. The molecule has 0 saturated carbocycles. The van der Waals surface area contributed by atoms with Gasteiger partial charge in [0.2, 0.25) is 0 Å². The molecule has 0 atom stereocenters. The van der Waals surface area contributed by atoms with Crippen molar-refractivity contribution in [2.75, 3.05) is 13.2 Å². The fourth-order valence-corrected chi connectivity index (χ4v) is 2.24. The first-order valence-electron chi connectivity index (χ1n) is 5.27. The molecule has 1 aromatic carbocycles. The summed E-state index contributed by atoms with van der Waals surface area (Å²) >= 11 is 0. The highest BCUT2D eigenvalue weighted by molar-refractivity contribution is 5.82. The molecule has 2 heterocycles. The van der Waals surface area contributed by atoms with Gasteiger partial charge < -0.3 is 9.15 Å². The molecule has 3 nitrogen and oxygen atoms in total. The van der Waals surface area contributed by atoms with Crippen LogP contribution in [0.5, 0.6) is 0 Å². The number of fused-ring (bicyclic) bond motifs is 1. The average molecular weight is 213 g/mol. The maximum Gasteiger partial charge on any atom is 0.134 e. The van der Waals surface area contributed by atoms with Crippen LogP contribution in [-0.2, 0) is 10.2 Å². The number of nitriles is 1. The molecular weight excluding hydrogens is 202 g/mol. The fraction of sp³-hybridized carbons (Fsp3) is 0.308. The van der Waals surface area contributed by atoms with Crippen LogP contribution < -0.4 is 0 Å².